The Balaban J connectivity index is 4.02. The van der Waals surface area contributed by atoms with Gasteiger partial charge in [-0.1, -0.05) is 83.1 Å². The smallest absolute Gasteiger partial charge is 0.305 e. The van der Waals surface area contributed by atoms with Crippen LogP contribution in [0.15, 0.2) is 24.3 Å². The van der Waals surface area contributed by atoms with E-state index in [1.807, 2.05) is 0 Å². The molecule has 0 aromatic carbocycles. The van der Waals surface area contributed by atoms with Crippen molar-refractivity contribution in [1.82, 2.24) is 0 Å². The maximum atomic E-state index is 11.2. The third kappa shape index (κ3) is 25.5. The molecule has 0 fully saturated rings. The minimum atomic E-state index is -0.103. The summed E-state index contributed by atoms with van der Waals surface area (Å²) in [6.07, 6.45) is 30.6. The average molecular weight is 481 g/mol. The third-order valence-electron chi connectivity index (χ3n) is 5.97. The van der Waals surface area contributed by atoms with E-state index in [1.165, 1.54) is 58.5 Å². The number of unbranched alkanes of at least 4 members (excludes halogenated alkanes) is 12. The molecule has 0 unspecified atom stereocenters. The molecular formula is C30H56O4. The fourth-order valence-electron chi connectivity index (χ4n) is 3.76. The number of esters is 1. The maximum absolute atomic E-state index is 11.2. The van der Waals surface area contributed by atoms with Crippen molar-refractivity contribution in [2.75, 3.05) is 20.3 Å². The second-order valence-corrected chi connectivity index (χ2v) is 9.27. The molecular weight excluding hydrogens is 424 g/mol. The van der Waals surface area contributed by atoms with Gasteiger partial charge in [-0.2, -0.15) is 0 Å². The minimum Gasteiger partial charge on any atom is -0.469 e. The van der Waals surface area contributed by atoms with Crippen LogP contribution in [0.2, 0.25) is 0 Å². The molecule has 0 aliphatic heterocycles. The average Bonchev–Trinajstić information content (AvgIpc) is 2.85. The number of carbonyl (C=O) groups excluding carboxylic acids is 1. The Hall–Kier alpha value is -1.13. The van der Waals surface area contributed by atoms with Crippen LogP contribution in [0, 0.1) is 0 Å². The predicted molar refractivity (Wildman–Crippen MR) is 145 cm³/mol. The van der Waals surface area contributed by atoms with E-state index in [-0.39, 0.29) is 12.3 Å². The van der Waals surface area contributed by atoms with Crippen LogP contribution in [0.3, 0.4) is 0 Å². The molecule has 0 N–H and O–H groups in total. The van der Waals surface area contributed by atoms with Gasteiger partial charge in [0, 0.05) is 6.42 Å². The van der Waals surface area contributed by atoms with Gasteiger partial charge in [-0.3, -0.25) is 4.79 Å². The zero-order chi connectivity index (χ0) is 25.0. The molecule has 0 heterocycles. The van der Waals surface area contributed by atoms with Crippen LogP contribution in [-0.4, -0.2) is 32.6 Å². The molecule has 200 valence electrons. The molecule has 4 nitrogen and oxygen atoms in total. The monoisotopic (exact) mass is 480 g/mol. The van der Waals surface area contributed by atoms with Gasteiger partial charge in [0.15, 0.2) is 6.29 Å². The van der Waals surface area contributed by atoms with Crippen molar-refractivity contribution < 1.29 is 19.0 Å². The van der Waals surface area contributed by atoms with Gasteiger partial charge in [-0.15, -0.1) is 0 Å². The van der Waals surface area contributed by atoms with E-state index in [9.17, 15) is 4.79 Å². The van der Waals surface area contributed by atoms with Crippen LogP contribution in [-0.2, 0) is 19.0 Å². The molecule has 0 aliphatic carbocycles. The van der Waals surface area contributed by atoms with Crippen molar-refractivity contribution in [2.24, 2.45) is 0 Å². The van der Waals surface area contributed by atoms with Crippen molar-refractivity contribution in [3.63, 3.8) is 0 Å². The number of hydrogen-bond donors (Lipinski definition) is 0. The molecule has 0 saturated heterocycles. The first-order chi connectivity index (χ1) is 16.7. The fraction of sp³-hybridized carbons (Fsp3) is 0.833. The van der Waals surface area contributed by atoms with E-state index in [1.54, 1.807) is 0 Å². The summed E-state index contributed by atoms with van der Waals surface area (Å²) in [5, 5.41) is 0. The summed E-state index contributed by atoms with van der Waals surface area (Å²) in [6, 6.07) is 0. The number of methoxy groups -OCH3 is 1. The number of hydrogen-bond acceptors (Lipinski definition) is 4. The molecule has 0 aromatic heterocycles. The lowest BCUT2D eigenvalue weighted by molar-refractivity contribution is -0.147. The van der Waals surface area contributed by atoms with Crippen LogP contribution in [0.5, 0.6) is 0 Å². The molecule has 0 saturated carbocycles. The Kier molecular flexibility index (Phi) is 27.2. The van der Waals surface area contributed by atoms with Crippen LogP contribution in [0.25, 0.3) is 0 Å². The van der Waals surface area contributed by atoms with E-state index in [2.05, 4.69) is 38.2 Å². The molecule has 34 heavy (non-hydrogen) atoms. The van der Waals surface area contributed by atoms with Crippen molar-refractivity contribution >= 4 is 5.97 Å². The van der Waals surface area contributed by atoms with Crippen LogP contribution < -0.4 is 0 Å². The van der Waals surface area contributed by atoms with Gasteiger partial charge in [0.25, 0.3) is 0 Å². The molecule has 0 rings (SSSR count). The summed E-state index contributed by atoms with van der Waals surface area (Å²) < 4.78 is 16.9. The lowest BCUT2D eigenvalue weighted by Crippen LogP contribution is -2.18. The zero-order valence-electron chi connectivity index (χ0n) is 22.9. The first-order valence-electron chi connectivity index (χ1n) is 14.3. The van der Waals surface area contributed by atoms with Crippen molar-refractivity contribution in [3.8, 4) is 0 Å². The molecule has 0 amide bonds. The molecule has 4 heteroatoms. The zero-order valence-corrected chi connectivity index (χ0v) is 22.9. The molecule has 0 aromatic rings. The van der Waals surface area contributed by atoms with Gasteiger partial charge in [0.1, 0.15) is 0 Å². The Bertz CT molecular complexity index is 444. The highest BCUT2D eigenvalue weighted by atomic mass is 16.7. The van der Waals surface area contributed by atoms with E-state index in [0.29, 0.717) is 6.42 Å². The quantitative estimate of drug-likeness (QED) is 0.0536. The van der Waals surface area contributed by atoms with Crippen molar-refractivity contribution in [3.05, 3.63) is 24.3 Å². The van der Waals surface area contributed by atoms with Crippen LogP contribution >= 0.6 is 0 Å². The van der Waals surface area contributed by atoms with E-state index in [4.69, 9.17) is 14.2 Å². The third-order valence-corrected chi connectivity index (χ3v) is 5.97. The minimum absolute atomic E-state index is 0.0860. The SMILES string of the molecule is CCCCC/C=C\CCCOC(CCCCCCCC(=O)OC)OCCC/C=C\CCCCC. The molecule has 0 aliphatic rings. The van der Waals surface area contributed by atoms with E-state index in [0.717, 1.165) is 77.4 Å². The summed E-state index contributed by atoms with van der Waals surface area (Å²) in [4.78, 5) is 11.2. The van der Waals surface area contributed by atoms with Crippen LogP contribution in [0.1, 0.15) is 136 Å². The van der Waals surface area contributed by atoms with Gasteiger partial charge in [-0.25, -0.2) is 0 Å². The lowest BCUT2D eigenvalue weighted by Gasteiger charge is -2.18. The summed E-state index contributed by atoms with van der Waals surface area (Å²) >= 11 is 0. The fourth-order valence-corrected chi connectivity index (χ4v) is 3.76. The molecule has 0 spiro atoms. The summed E-state index contributed by atoms with van der Waals surface area (Å²) in [5.74, 6) is -0.103. The number of carbonyl (C=O) groups is 1. The summed E-state index contributed by atoms with van der Waals surface area (Å²) in [7, 11) is 1.45. The highest BCUT2D eigenvalue weighted by molar-refractivity contribution is 5.68. The van der Waals surface area contributed by atoms with Crippen molar-refractivity contribution in [2.45, 2.75) is 142 Å². The predicted octanol–water partition coefficient (Wildman–Crippen LogP) is 9.08. The van der Waals surface area contributed by atoms with Gasteiger partial charge in [0.05, 0.1) is 20.3 Å². The summed E-state index contributed by atoms with van der Waals surface area (Å²) in [5.41, 5.74) is 0. The standard InChI is InChI=1S/C30H56O4/c1-4-6-8-10-12-14-19-23-27-33-30(26-22-18-16-17-21-25-29(31)32-3)34-28-24-20-15-13-11-9-7-5-2/h12-15,30H,4-11,16-28H2,1-3H3/b14-12-,15-13-. The largest absolute Gasteiger partial charge is 0.469 e. The Morgan fingerprint density at radius 2 is 1.09 bits per heavy atom. The van der Waals surface area contributed by atoms with Gasteiger partial charge < -0.3 is 14.2 Å². The number of rotatable bonds is 26. The van der Waals surface area contributed by atoms with Gasteiger partial charge >= 0.3 is 5.97 Å². The van der Waals surface area contributed by atoms with Gasteiger partial charge in [0.2, 0.25) is 0 Å². The Morgan fingerprint density at radius 1 is 0.618 bits per heavy atom. The first kappa shape index (κ1) is 32.9. The van der Waals surface area contributed by atoms with Gasteiger partial charge in [-0.05, 0) is 70.6 Å². The number of allylic oxidation sites excluding steroid dienone is 4. The van der Waals surface area contributed by atoms with E-state index < -0.39 is 0 Å². The van der Waals surface area contributed by atoms with Crippen molar-refractivity contribution in [1.29, 1.82) is 0 Å². The Morgan fingerprint density at radius 3 is 1.59 bits per heavy atom. The van der Waals surface area contributed by atoms with E-state index >= 15 is 0 Å². The number of ether oxygens (including phenoxy) is 3. The molecule has 0 atom stereocenters. The lowest BCUT2D eigenvalue weighted by atomic mass is 10.1. The summed E-state index contributed by atoms with van der Waals surface area (Å²) in [6.45, 7) is 6.02. The molecule has 0 radical (unpaired) electrons. The maximum Gasteiger partial charge on any atom is 0.305 e. The topological polar surface area (TPSA) is 44.8 Å². The Labute approximate surface area is 211 Å². The van der Waals surface area contributed by atoms with Crippen LogP contribution in [0.4, 0.5) is 0 Å². The molecule has 0 bridgehead atoms. The second-order valence-electron chi connectivity index (χ2n) is 9.27. The normalized spacial score (nSPS) is 11.9. The first-order valence-corrected chi connectivity index (χ1v) is 14.3. The second kappa shape index (κ2) is 28.1. The highest BCUT2D eigenvalue weighted by Gasteiger charge is 2.09. The highest BCUT2D eigenvalue weighted by Crippen LogP contribution is 2.13.